The number of fused-ring (bicyclic) bond motifs is 1. The Morgan fingerprint density at radius 2 is 1.71 bits per heavy atom. The maximum Gasteiger partial charge on any atom is 0.342 e. The number of aliphatic hydroxyl groups is 3. The van der Waals surface area contributed by atoms with Crippen molar-refractivity contribution in [1.29, 1.82) is 0 Å². The second kappa shape index (κ2) is 10.8. The highest BCUT2D eigenvalue weighted by atomic mass is 16.5. The summed E-state index contributed by atoms with van der Waals surface area (Å²) in [4.78, 5) is 27.3. The van der Waals surface area contributed by atoms with E-state index in [9.17, 15) is 30.0 Å². The fourth-order valence-electron chi connectivity index (χ4n) is 5.95. The molecule has 11 heteroatoms. The van der Waals surface area contributed by atoms with Crippen molar-refractivity contribution in [3.8, 4) is 5.75 Å². The minimum atomic E-state index is -2.37. The van der Waals surface area contributed by atoms with E-state index in [1.54, 1.807) is 31.2 Å². The van der Waals surface area contributed by atoms with Gasteiger partial charge in [-0.15, -0.1) is 0 Å². The number of aliphatic hydroxyl groups excluding tert-OH is 1. The number of nitrogens with zero attached hydrogens (tertiary/aromatic N) is 1. The van der Waals surface area contributed by atoms with E-state index >= 15 is 0 Å². The number of hydrogen-bond donors (Lipinski definition) is 7. The zero-order valence-corrected chi connectivity index (χ0v) is 23.8. The first kappa shape index (κ1) is 30.1. The highest BCUT2D eigenvalue weighted by Gasteiger charge is 2.76. The Kier molecular flexibility index (Phi) is 7.94. The number of aryl methyl sites for hydroxylation is 1. The minimum Gasteiger partial charge on any atom is -0.507 e. The van der Waals surface area contributed by atoms with E-state index in [-0.39, 0.29) is 11.3 Å². The van der Waals surface area contributed by atoms with Crippen LogP contribution in [0.1, 0.15) is 29.8 Å². The molecule has 1 aliphatic carbocycles. The number of benzene rings is 3. The topological polar surface area (TPSA) is 178 Å². The smallest absolute Gasteiger partial charge is 0.342 e. The summed E-state index contributed by atoms with van der Waals surface area (Å²) < 4.78 is 5.53. The normalized spacial score (nSPS) is 28.2. The van der Waals surface area contributed by atoms with E-state index < -0.39 is 53.5 Å². The molecule has 0 unspecified atom stereocenters. The molecule has 0 heterocycles. The molecule has 1 aliphatic rings. The van der Waals surface area contributed by atoms with Crippen LogP contribution < -0.4 is 16.4 Å². The highest BCUT2D eigenvalue weighted by Crippen LogP contribution is 2.49. The van der Waals surface area contributed by atoms with Crippen molar-refractivity contribution >= 4 is 28.5 Å². The van der Waals surface area contributed by atoms with Crippen LogP contribution in [-0.2, 0) is 4.74 Å². The molecule has 3 aromatic rings. The monoisotopic (exact) mass is 566 g/mol. The first-order chi connectivity index (χ1) is 19.2. The quantitative estimate of drug-likeness (QED) is 0.210. The van der Waals surface area contributed by atoms with Crippen LogP contribution in [0.25, 0.3) is 10.8 Å². The van der Waals surface area contributed by atoms with Gasteiger partial charge in [0.25, 0.3) is 0 Å². The van der Waals surface area contributed by atoms with E-state index in [4.69, 9.17) is 10.5 Å². The molecule has 0 radical (unpaired) electrons. The van der Waals surface area contributed by atoms with Crippen molar-refractivity contribution in [3.63, 3.8) is 0 Å². The number of carbonyl (C=O) groups is 2. The van der Waals surface area contributed by atoms with Crippen LogP contribution in [0.3, 0.4) is 0 Å². The van der Waals surface area contributed by atoms with Gasteiger partial charge in [-0.3, -0.25) is 0 Å². The molecular formula is C30H38N4O7. The fraction of sp³-hybridized carbons (Fsp3) is 0.400. The molecule has 4 rings (SSSR count). The van der Waals surface area contributed by atoms with Crippen LogP contribution in [0, 0.1) is 6.92 Å². The average Bonchev–Trinajstić information content (AvgIpc) is 3.03. The fourth-order valence-corrected chi connectivity index (χ4v) is 5.95. The van der Waals surface area contributed by atoms with E-state index in [0.29, 0.717) is 11.3 Å². The number of phenolic OH excluding ortho intramolecular Hbond substituents is 1. The second-order valence-electron chi connectivity index (χ2n) is 11.1. The highest BCUT2D eigenvalue weighted by molar-refractivity contribution is 5.95. The van der Waals surface area contributed by atoms with E-state index in [1.165, 1.54) is 38.9 Å². The lowest BCUT2D eigenvalue weighted by molar-refractivity contribution is -0.186. The molecule has 6 atom stereocenters. The van der Waals surface area contributed by atoms with E-state index in [0.717, 1.165) is 10.8 Å². The minimum absolute atomic E-state index is 0.0979. The second-order valence-corrected chi connectivity index (χ2v) is 11.1. The van der Waals surface area contributed by atoms with Gasteiger partial charge >= 0.3 is 12.0 Å². The predicted molar refractivity (Wildman–Crippen MR) is 155 cm³/mol. The number of nitrogens with two attached hydrogens (primary N) is 1. The Morgan fingerprint density at radius 3 is 2.34 bits per heavy atom. The first-order valence-electron chi connectivity index (χ1n) is 13.3. The molecule has 220 valence electrons. The third-order valence-corrected chi connectivity index (χ3v) is 8.41. The maximum atomic E-state index is 13.1. The van der Waals surface area contributed by atoms with Crippen molar-refractivity contribution in [1.82, 2.24) is 10.2 Å². The van der Waals surface area contributed by atoms with Gasteiger partial charge in [-0.1, -0.05) is 48.5 Å². The van der Waals surface area contributed by atoms with Gasteiger partial charge in [0.15, 0.2) is 5.60 Å². The number of rotatable bonds is 7. The van der Waals surface area contributed by atoms with Crippen molar-refractivity contribution in [3.05, 3.63) is 71.8 Å². The Balaban J connectivity index is 1.83. The van der Waals surface area contributed by atoms with Gasteiger partial charge < -0.3 is 46.4 Å². The summed E-state index contributed by atoms with van der Waals surface area (Å²) in [6.45, 7) is 3.41. The number of carbonyl (C=O) groups excluding carboxylic acids is 2. The molecule has 0 saturated heterocycles. The number of aromatic hydroxyl groups is 1. The molecule has 0 spiro atoms. The Hall–Kier alpha value is -3.90. The van der Waals surface area contributed by atoms with Crippen LogP contribution >= 0.6 is 0 Å². The molecule has 0 aromatic heterocycles. The standard InChI is InChI=1S/C30H38N4O7/c1-17-10-8-15-22(36)23(17)26(37)41-16-29(40)25(32-21-14-9-12-19-11-6-7-13-20(19)21)24(31)30(18(2)35,28(29,3)39)33-27(38)34(4)5/h6-15,18,24-25,32,35-36,39-40H,16,31H2,1-5H3,(H,33,38)/t18-,24-,25-,28-,29+,30-/m0/s1. The SMILES string of the molecule is Cc1cccc(O)c1C(=O)OC[C@@]1(O)[C@@H](Nc2cccc3ccccc23)[C@H](N)[C@@](NC(=O)N(C)C)([C@H](C)O)[C@@]1(C)O. The van der Waals surface area contributed by atoms with Crippen LogP contribution in [0.5, 0.6) is 5.75 Å². The number of hydrogen-bond acceptors (Lipinski definition) is 9. The largest absolute Gasteiger partial charge is 0.507 e. The van der Waals surface area contributed by atoms with Crippen molar-refractivity contribution in [2.75, 3.05) is 26.0 Å². The zero-order valence-electron chi connectivity index (χ0n) is 23.8. The number of ether oxygens (including phenoxy) is 1. The Labute approximate surface area is 238 Å². The molecule has 1 fully saturated rings. The maximum absolute atomic E-state index is 13.1. The van der Waals surface area contributed by atoms with Gasteiger partial charge in [0.2, 0.25) is 0 Å². The molecule has 11 nitrogen and oxygen atoms in total. The summed E-state index contributed by atoms with van der Waals surface area (Å²) in [5.41, 5.74) is 0.918. The number of phenols is 1. The number of esters is 1. The lowest BCUT2D eigenvalue weighted by atomic mass is 9.73. The molecule has 0 aliphatic heterocycles. The summed E-state index contributed by atoms with van der Waals surface area (Å²) in [7, 11) is 2.96. The van der Waals surface area contributed by atoms with Crippen molar-refractivity contribution < 1.29 is 34.8 Å². The van der Waals surface area contributed by atoms with Gasteiger partial charge in [0, 0.05) is 25.2 Å². The van der Waals surface area contributed by atoms with Crippen LogP contribution in [0.15, 0.2) is 60.7 Å². The third kappa shape index (κ3) is 4.74. The summed E-state index contributed by atoms with van der Waals surface area (Å²) in [6.07, 6.45) is -1.47. The van der Waals surface area contributed by atoms with E-state index in [2.05, 4.69) is 10.6 Å². The predicted octanol–water partition coefficient (Wildman–Crippen LogP) is 1.71. The summed E-state index contributed by atoms with van der Waals surface area (Å²) in [5, 5.41) is 53.4. The lowest BCUT2D eigenvalue weighted by Gasteiger charge is -2.48. The van der Waals surface area contributed by atoms with Crippen LogP contribution in [0.4, 0.5) is 10.5 Å². The third-order valence-electron chi connectivity index (χ3n) is 8.41. The molecular weight excluding hydrogens is 528 g/mol. The zero-order chi connectivity index (χ0) is 30.3. The van der Waals surface area contributed by atoms with Crippen LogP contribution in [-0.4, -0.2) is 93.0 Å². The summed E-state index contributed by atoms with van der Waals surface area (Å²) >= 11 is 0. The van der Waals surface area contributed by atoms with Gasteiger partial charge in [-0.25, -0.2) is 9.59 Å². The average molecular weight is 567 g/mol. The summed E-state index contributed by atoms with van der Waals surface area (Å²) in [5.74, 6) is -1.24. The number of amides is 2. The molecule has 0 bridgehead atoms. The Bertz CT molecular complexity index is 1430. The number of nitrogens with one attached hydrogen (secondary N) is 2. The summed E-state index contributed by atoms with van der Waals surface area (Å²) in [6, 6.07) is 14.3. The molecule has 8 N–H and O–H groups in total. The Morgan fingerprint density at radius 1 is 1.07 bits per heavy atom. The molecule has 41 heavy (non-hydrogen) atoms. The lowest BCUT2D eigenvalue weighted by Crippen LogP contribution is -2.76. The van der Waals surface area contributed by atoms with Gasteiger partial charge in [-0.05, 0) is 43.9 Å². The van der Waals surface area contributed by atoms with Crippen molar-refractivity contribution in [2.45, 2.75) is 55.7 Å². The number of urea groups is 1. The van der Waals surface area contributed by atoms with Gasteiger partial charge in [-0.2, -0.15) is 0 Å². The van der Waals surface area contributed by atoms with Gasteiger partial charge in [0.1, 0.15) is 29.1 Å². The van der Waals surface area contributed by atoms with E-state index in [1.807, 2.05) is 30.3 Å². The molecule has 2 amide bonds. The number of anilines is 1. The molecule has 1 saturated carbocycles. The van der Waals surface area contributed by atoms with Crippen LogP contribution in [0.2, 0.25) is 0 Å². The van der Waals surface area contributed by atoms with Crippen molar-refractivity contribution in [2.24, 2.45) is 5.73 Å². The first-order valence-corrected chi connectivity index (χ1v) is 13.3. The molecule has 3 aromatic carbocycles. The van der Waals surface area contributed by atoms with Gasteiger partial charge in [0.05, 0.1) is 18.2 Å².